The molecule has 0 saturated carbocycles. The van der Waals surface area contributed by atoms with E-state index in [9.17, 15) is 0 Å². The molecule has 134 valence electrons. The van der Waals surface area contributed by atoms with Crippen molar-refractivity contribution in [2.45, 2.75) is 19.3 Å². The highest BCUT2D eigenvalue weighted by atomic mass is 32.1. The maximum Gasteiger partial charge on any atom is 0.0599 e. The molecule has 0 atom stereocenters. The lowest BCUT2D eigenvalue weighted by molar-refractivity contribution is 0.748. The van der Waals surface area contributed by atoms with E-state index in [1.165, 1.54) is 47.9 Å². The highest BCUT2D eigenvalue weighted by molar-refractivity contribution is 7.22. The summed E-state index contributed by atoms with van der Waals surface area (Å²) in [6, 6.07) is 24.1. The van der Waals surface area contributed by atoms with Crippen molar-refractivity contribution in [2.24, 2.45) is 5.73 Å². The summed E-state index contributed by atoms with van der Waals surface area (Å²) < 4.78 is 1.34. The van der Waals surface area contributed by atoms with Crippen LogP contribution in [0, 0.1) is 0 Å². The summed E-state index contributed by atoms with van der Waals surface area (Å²) in [5, 5.41) is 5.23. The number of aromatic amines is 1. The van der Waals surface area contributed by atoms with Crippen LogP contribution in [-0.4, -0.2) is 11.5 Å². The minimum absolute atomic E-state index is 0.753. The first-order valence-corrected chi connectivity index (χ1v) is 10.4. The van der Waals surface area contributed by atoms with Gasteiger partial charge in [0, 0.05) is 15.5 Å². The molecule has 2 nitrogen and oxygen atoms in total. The molecule has 0 spiro atoms. The second-order valence-corrected chi connectivity index (χ2v) is 8.17. The number of aryl methyl sites for hydroxylation is 1. The standard InChI is InChI=1S/C24H22N2S/c25-14-6-5-10-19-20-13-12-16-7-1-3-9-18(16)23(20)26-24(19)22-15-17-8-2-4-11-21(17)27-22/h1-4,7-9,11-13,15,26H,5-6,10,14,25H2. The second kappa shape index (κ2) is 6.84. The largest absolute Gasteiger partial charge is 0.353 e. The SMILES string of the molecule is NCCCCc1c(-c2cc3ccccc3s2)[nH]c2c1ccc1ccccc12. The van der Waals surface area contributed by atoms with Gasteiger partial charge in [-0.25, -0.2) is 0 Å². The molecule has 3 aromatic carbocycles. The molecule has 2 heterocycles. The van der Waals surface area contributed by atoms with E-state index in [4.69, 9.17) is 5.73 Å². The van der Waals surface area contributed by atoms with Crippen LogP contribution in [0.25, 0.3) is 42.3 Å². The molecule has 0 radical (unpaired) electrons. The van der Waals surface area contributed by atoms with Crippen LogP contribution in [0.3, 0.4) is 0 Å². The molecule has 5 rings (SSSR count). The van der Waals surface area contributed by atoms with Crippen molar-refractivity contribution in [3.63, 3.8) is 0 Å². The molecular weight excluding hydrogens is 348 g/mol. The summed E-state index contributed by atoms with van der Waals surface area (Å²) in [4.78, 5) is 5.11. The summed E-state index contributed by atoms with van der Waals surface area (Å²) in [6.45, 7) is 0.753. The fraction of sp³-hybridized carbons (Fsp3) is 0.167. The van der Waals surface area contributed by atoms with Gasteiger partial charge in [-0.1, -0.05) is 54.6 Å². The molecule has 2 aromatic heterocycles. The van der Waals surface area contributed by atoms with Gasteiger partial charge in [0.05, 0.1) is 16.1 Å². The van der Waals surface area contributed by atoms with Gasteiger partial charge in [0.1, 0.15) is 0 Å². The number of nitrogens with two attached hydrogens (primary N) is 1. The van der Waals surface area contributed by atoms with Crippen molar-refractivity contribution in [1.82, 2.24) is 4.98 Å². The van der Waals surface area contributed by atoms with Crippen LogP contribution >= 0.6 is 11.3 Å². The van der Waals surface area contributed by atoms with Crippen molar-refractivity contribution >= 4 is 43.1 Å². The first kappa shape index (κ1) is 16.5. The molecule has 27 heavy (non-hydrogen) atoms. The molecule has 0 amide bonds. The van der Waals surface area contributed by atoms with Crippen molar-refractivity contribution in [1.29, 1.82) is 0 Å². The Morgan fingerprint density at radius 3 is 2.48 bits per heavy atom. The number of aromatic nitrogens is 1. The highest BCUT2D eigenvalue weighted by Gasteiger charge is 2.16. The smallest absolute Gasteiger partial charge is 0.0599 e. The summed E-state index contributed by atoms with van der Waals surface area (Å²) in [5.41, 5.74) is 9.71. The number of unbranched alkanes of at least 4 members (excludes halogenated alkanes) is 1. The molecule has 0 aliphatic carbocycles. The molecular formula is C24H22N2S. The fourth-order valence-corrected chi connectivity index (χ4v) is 5.10. The van der Waals surface area contributed by atoms with E-state index in [0.717, 1.165) is 25.8 Å². The third-order valence-corrected chi connectivity index (χ3v) is 6.49. The average Bonchev–Trinajstić information content (AvgIpc) is 3.29. The molecule has 5 aromatic rings. The lowest BCUT2D eigenvalue weighted by atomic mass is 10.0. The van der Waals surface area contributed by atoms with Crippen molar-refractivity contribution in [3.8, 4) is 10.6 Å². The number of hydrogen-bond acceptors (Lipinski definition) is 2. The van der Waals surface area contributed by atoms with E-state index < -0.39 is 0 Å². The Balaban J connectivity index is 1.75. The maximum absolute atomic E-state index is 5.75. The van der Waals surface area contributed by atoms with E-state index in [0.29, 0.717) is 0 Å². The Morgan fingerprint density at radius 2 is 1.63 bits per heavy atom. The lowest BCUT2D eigenvalue weighted by Gasteiger charge is -2.03. The van der Waals surface area contributed by atoms with Gasteiger partial charge in [0.2, 0.25) is 0 Å². The third-order valence-electron chi connectivity index (χ3n) is 5.36. The number of benzene rings is 3. The van der Waals surface area contributed by atoms with Gasteiger partial charge in [-0.15, -0.1) is 11.3 Å². The van der Waals surface area contributed by atoms with Gasteiger partial charge in [-0.05, 0) is 54.3 Å². The normalized spacial score (nSPS) is 11.7. The zero-order chi connectivity index (χ0) is 18.2. The lowest BCUT2D eigenvalue weighted by Crippen LogP contribution is -1.99. The van der Waals surface area contributed by atoms with E-state index >= 15 is 0 Å². The predicted octanol–water partition coefficient (Wildman–Crippen LogP) is 6.48. The topological polar surface area (TPSA) is 41.8 Å². The Morgan fingerprint density at radius 1 is 0.815 bits per heavy atom. The Labute approximate surface area is 162 Å². The Bertz CT molecular complexity index is 1210. The molecule has 0 bridgehead atoms. The van der Waals surface area contributed by atoms with Gasteiger partial charge in [-0.2, -0.15) is 0 Å². The van der Waals surface area contributed by atoms with Crippen molar-refractivity contribution in [3.05, 3.63) is 72.3 Å². The summed E-state index contributed by atoms with van der Waals surface area (Å²) in [5.74, 6) is 0. The molecule has 3 N–H and O–H groups in total. The van der Waals surface area contributed by atoms with Gasteiger partial charge in [0.15, 0.2) is 0 Å². The fourth-order valence-electron chi connectivity index (χ4n) is 4.01. The number of rotatable bonds is 5. The van der Waals surface area contributed by atoms with Gasteiger partial charge in [0.25, 0.3) is 0 Å². The number of nitrogens with one attached hydrogen (secondary N) is 1. The van der Waals surface area contributed by atoms with Crippen LogP contribution in [0.1, 0.15) is 18.4 Å². The Kier molecular flexibility index (Phi) is 4.19. The minimum atomic E-state index is 0.753. The van der Waals surface area contributed by atoms with Gasteiger partial charge >= 0.3 is 0 Å². The van der Waals surface area contributed by atoms with Gasteiger partial charge in [-0.3, -0.25) is 0 Å². The van der Waals surface area contributed by atoms with Crippen LogP contribution in [0.15, 0.2) is 66.7 Å². The van der Waals surface area contributed by atoms with Crippen molar-refractivity contribution < 1.29 is 0 Å². The van der Waals surface area contributed by atoms with Crippen LogP contribution in [-0.2, 0) is 6.42 Å². The molecule has 0 unspecified atom stereocenters. The minimum Gasteiger partial charge on any atom is -0.353 e. The number of fused-ring (bicyclic) bond motifs is 4. The highest BCUT2D eigenvalue weighted by Crippen LogP contribution is 2.39. The predicted molar refractivity (Wildman–Crippen MR) is 119 cm³/mol. The van der Waals surface area contributed by atoms with Gasteiger partial charge < -0.3 is 10.7 Å². The number of H-pyrrole nitrogens is 1. The van der Waals surface area contributed by atoms with E-state index in [1.807, 2.05) is 11.3 Å². The average molecular weight is 371 g/mol. The van der Waals surface area contributed by atoms with Crippen LogP contribution in [0.2, 0.25) is 0 Å². The van der Waals surface area contributed by atoms with Crippen LogP contribution in [0.4, 0.5) is 0 Å². The van der Waals surface area contributed by atoms with Crippen molar-refractivity contribution in [2.75, 3.05) is 6.54 Å². The first-order valence-electron chi connectivity index (χ1n) is 9.56. The monoisotopic (exact) mass is 370 g/mol. The number of thiophene rings is 1. The second-order valence-electron chi connectivity index (χ2n) is 7.08. The quantitative estimate of drug-likeness (QED) is 0.341. The summed E-state index contributed by atoms with van der Waals surface area (Å²) in [7, 11) is 0. The number of hydrogen-bond donors (Lipinski definition) is 2. The molecule has 0 aliphatic rings. The van der Waals surface area contributed by atoms with E-state index in [2.05, 4.69) is 71.7 Å². The molecule has 0 aliphatic heterocycles. The third kappa shape index (κ3) is 2.84. The van der Waals surface area contributed by atoms with Crippen LogP contribution < -0.4 is 5.73 Å². The molecule has 3 heteroatoms. The summed E-state index contributed by atoms with van der Waals surface area (Å²) in [6.07, 6.45) is 3.24. The first-order chi connectivity index (χ1) is 13.3. The van der Waals surface area contributed by atoms with E-state index in [1.54, 1.807) is 0 Å². The zero-order valence-corrected chi connectivity index (χ0v) is 16.0. The zero-order valence-electron chi connectivity index (χ0n) is 15.2. The summed E-state index contributed by atoms with van der Waals surface area (Å²) >= 11 is 1.87. The molecule has 0 saturated heterocycles. The Hall–Kier alpha value is -2.62. The maximum atomic E-state index is 5.75. The van der Waals surface area contributed by atoms with Crippen LogP contribution in [0.5, 0.6) is 0 Å². The van der Waals surface area contributed by atoms with E-state index in [-0.39, 0.29) is 0 Å². The molecule has 0 fully saturated rings.